The fourth-order valence-electron chi connectivity index (χ4n) is 2.58. The highest BCUT2D eigenvalue weighted by Crippen LogP contribution is 2.31. The minimum Gasteiger partial charge on any atom is -0.433 e. The van der Waals surface area contributed by atoms with Crippen LogP contribution in [0, 0.1) is 5.92 Å². The molecule has 1 aliphatic carbocycles. The maximum Gasteiger partial charge on any atom is 0.387 e. The standard InChI is InChI=1S/C14H18ClF2NO/c1-9-3-2-4-10(7-9)18-11-5-6-13(12(15)8-11)19-14(16)17/h5-6,8-10,14,18H,2-4,7H2,1H3. The van der Waals surface area contributed by atoms with Crippen molar-refractivity contribution in [3.8, 4) is 5.75 Å². The number of ether oxygens (including phenoxy) is 1. The van der Waals surface area contributed by atoms with E-state index in [0.717, 1.165) is 24.4 Å². The summed E-state index contributed by atoms with van der Waals surface area (Å²) in [5.41, 5.74) is 0.853. The first-order valence-electron chi connectivity index (χ1n) is 6.55. The van der Waals surface area contributed by atoms with Gasteiger partial charge in [0.1, 0.15) is 5.75 Å². The molecule has 0 bridgehead atoms. The number of alkyl halides is 2. The number of hydrogen-bond acceptors (Lipinski definition) is 2. The average Bonchev–Trinajstić information content (AvgIpc) is 2.32. The van der Waals surface area contributed by atoms with Crippen molar-refractivity contribution < 1.29 is 13.5 Å². The van der Waals surface area contributed by atoms with Crippen LogP contribution in [0.5, 0.6) is 5.75 Å². The Bertz CT molecular complexity index is 428. The first-order chi connectivity index (χ1) is 9.04. The summed E-state index contributed by atoms with van der Waals surface area (Å²) in [5.74, 6) is 0.738. The first-order valence-corrected chi connectivity index (χ1v) is 6.93. The second-order valence-electron chi connectivity index (χ2n) is 5.14. The van der Waals surface area contributed by atoms with Gasteiger partial charge in [0, 0.05) is 11.7 Å². The van der Waals surface area contributed by atoms with Gasteiger partial charge in [-0.3, -0.25) is 0 Å². The lowest BCUT2D eigenvalue weighted by Gasteiger charge is -2.28. The van der Waals surface area contributed by atoms with Crippen molar-refractivity contribution in [3.63, 3.8) is 0 Å². The third-order valence-electron chi connectivity index (χ3n) is 3.46. The number of anilines is 1. The van der Waals surface area contributed by atoms with Crippen LogP contribution < -0.4 is 10.1 Å². The van der Waals surface area contributed by atoms with E-state index in [1.807, 2.05) is 0 Å². The van der Waals surface area contributed by atoms with Crippen molar-refractivity contribution in [1.29, 1.82) is 0 Å². The van der Waals surface area contributed by atoms with Gasteiger partial charge in [-0.15, -0.1) is 0 Å². The fourth-order valence-corrected chi connectivity index (χ4v) is 2.81. The zero-order valence-electron chi connectivity index (χ0n) is 10.8. The Morgan fingerprint density at radius 2 is 2.16 bits per heavy atom. The third kappa shape index (κ3) is 4.23. The van der Waals surface area contributed by atoms with Crippen molar-refractivity contribution in [2.75, 3.05) is 5.32 Å². The van der Waals surface area contributed by atoms with Gasteiger partial charge in [-0.2, -0.15) is 8.78 Å². The molecule has 0 radical (unpaired) electrons. The molecule has 0 aliphatic heterocycles. The molecule has 2 nitrogen and oxygen atoms in total. The van der Waals surface area contributed by atoms with E-state index in [4.69, 9.17) is 11.6 Å². The molecule has 1 saturated carbocycles. The van der Waals surface area contributed by atoms with E-state index in [2.05, 4.69) is 17.0 Å². The van der Waals surface area contributed by atoms with Crippen LogP contribution in [0.1, 0.15) is 32.6 Å². The minimum atomic E-state index is -2.85. The highest BCUT2D eigenvalue weighted by molar-refractivity contribution is 6.32. The summed E-state index contributed by atoms with van der Waals surface area (Å²) in [6.45, 7) is -0.601. The van der Waals surface area contributed by atoms with Crippen LogP contribution >= 0.6 is 11.6 Å². The lowest BCUT2D eigenvalue weighted by Crippen LogP contribution is -2.26. The largest absolute Gasteiger partial charge is 0.433 e. The summed E-state index contributed by atoms with van der Waals surface area (Å²) in [6, 6.07) is 5.27. The van der Waals surface area contributed by atoms with Crippen LogP contribution in [0.25, 0.3) is 0 Å². The number of hydrogen-bond donors (Lipinski definition) is 1. The molecule has 2 unspecified atom stereocenters. The Morgan fingerprint density at radius 1 is 1.37 bits per heavy atom. The topological polar surface area (TPSA) is 21.3 Å². The van der Waals surface area contributed by atoms with Crippen LogP contribution in [0.15, 0.2) is 18.2 Å². The molecule has 5 heteroatoms. The molecule has 0 saturated heterocycles. The van der Waals surface area contributed by atoms with Gasteiger partial charge in [0.2, 0.25) is 0 Å². The number of benzene rings is 1. The van der Waals surface area contributed by atoms with Crippen molar-refractivity contribution in [2.24, 2.45) is 5.92 Å². The van der Waals surface area contributed by atoms with E-state index >= 15 is 0 Å². The molecule has 0 heterocycles. The van der Waals surface area contributed by atoms with Crippen LogP contribution in [0.3, 0.4) is 0 Å². The molecule has 0 spiro atoms. The Balaban J connectivity index is 1.99. The molecule has 1 aromatic rings. The molecule has 0 amide bonds. The lowest BCUT2D eigenvalue weighted by molar-refractivity contribution is -0.0497. The Morgan fingerprint density at radius 3 is 2.79 bits per heavy atom. The molecule has 1 N–H and O–H groups in total. The molecular formula is C14H18ClF2NO. The normalized spacial score (nSPS) is 23.4. The predicted octanol–water partition coefficient (Wildman–Crippen LogP) is 4.93. The molecule has 2 atom stereocenters. The second kappa shape index (κ2) is 6.42. The number of nitrogens with one attached hydrogen (secondary N) is 1. The summed E-state index contributed by atoms with van der Waals surface area (Å²) in [7, 11) is 0. The lowest BCUT2D eigenvalue weighted by atomic mass is 9.87. The number of rotatable bonds is 4. The van der Waals surface area contributed by atoms with Crippen LogP contribution in [0.4, 0.5) is 14.5 Å². The summed E-state index contributed by atoms with van der Waals surface area (Å²) in [4.78, 5) is 0. The molecule has 106 valence electrons. The van der Waals surface area contributed by atoms with Crippen molar-refractivity contribution >= 4 is 17.3 Å². The molecule has 19 heavy (non-hydrogen) atoms. The van der Waals surface area contributed by atoms with Gasteiger partial charge in [0.05, 0.1) is 5.02 Å². The Labute approximate surface area is 117 Å². The minimum absolute atomic E-state index is 0.0132. The smallest absolute Gasteiger partial charge is 0.387 e. The summed E-state index contributed by atoms with van der Waals surface area (Å²) in [6.07, 6.45) is 4.77. The molecule has 1 aromatic carbocycles. The van der Waals surface area contributed by atoms with Gasteiger partial charge in [-0.25, -0.2) is 0 Å². The fraction of sp³-hybridized carbons (Fsp3) is 0.571. The maximum absolute atomic E-state index is 12.1. The maximum atomic E-state index is 12.1. The summed E-state index contributed by atoms with van der Waals surface area (Å²) >= 11 is 5.92. The molecule has 0 aromatic heterocycles. The predicted molar refractivity (Wildman–Crippen MR) is 73.1 cm³/mol. The van der Waals surface area contributed by atoms with Gasteiger partial charge in [-0.1, -0.05) is 31.4 Å². The second-order valence-corrected chi connectivity index (χ2v) is 5.54. The van der Waals surface area contributed by atoms with Gasteiger partial charge in [0.15, 0.2) is 0 Å². The summed E-state index contributed by atoms with van der Waals surface area (Å²) < 4.78 is 28.6. The SMILES string of the molecule is CC1CCCC(Nc2ccc(OC(F)F)c(Cl)c2)C1. The highest BCUT2D eigenvalue weighted by atomic mass is 35.5. The average molecular weight is 290 g/mol. The van der Waals surface area contributed by atoms with E-state index in [1.165, 1.54) is 18.9 Å². The van der Waals surface area contributed by atoms with Gasteiger partial charge in [-0.05, 0) is 37.0 Å². The zero-order chi connectivity index (χ0) is 13.8. The van der Waals surface area contributed by atoms with Crippen LogP contribution in [-0.4, -0.2) is 12.7 Å². The van der Waals surface area contributed by atoms with Crippen molar-refractivity contribution in [3.05, 3.63) is 23.2 Å². The van der Waals surface area contributed by atoms with Gasteiger partial charge >= 0.3 is 6.61 Å². The first kappa shape index (κ1) is 14.4. The van der Waals surface area contributed by atoms with E-state index < -0.39 is 6.61 Å². The van der Waals surface area contributed by atoms with Gasteiger partial charge < -0.3 is 10.1 Å². The van der Waals surface area contributed by atoms with E-state index in [0.29, 0.717) is 6.04 Å². The van der Waals surface area contributed by atoms with E-state index in [9.17, 15) is 8.78 Å². The highest BCUT2D eigenvalue weighted by Gasteiger charge is 2.19. The molecule has 2 rings (SSSR count). The zero-order valence-corrected chi connectivity index (χ0v) is 11.6. The van der Waals surface area contributed by atoms with Crippen LogP contribution in [0.2, 0.25) is 5.02 Å². The molecule has 1 fully saturated rings. The monoisotopic (exact) mass is 289 g/mol. The van der Waals surface area contributed by atoms with Crippen LogP contribution in [-0.2, 0) is 0 Å². The Kier molecular flexibility index (Phi) is 4.86. The Hall–Kier alpha value is -1.03. The molecule has 1 aliphatic rings. The number of halogens is 3. The van der Waals surface area contributed by atoms with Crippen molar-refractivity contribution in [1.82, 2.24) is 0 Å². The van der Waals surface area contributed by atoms with E-state index in [1.54, 1.807) is 12.1 Å². The van der Waals surface area contributed by atoms with Crippen molar-refractivity contribution in [2.45, 2.75) is 45.3 Å². The van der Waals surface area contributed by atoms with Gasteiger partial charge in [0.25, 0.3) is 0 Å². The quantitative estimate of drug-likeness (QED) is 0.848. The molecular weight excluding hydrogens is 272 g/mol. The van der Waals surface area contributed by atoms with E-state index in [-0.39, 0.29) is 10.8 Å². The third-order valence-corrected chi connectivity index (χ3v) is 3.75. The summed E-state index contributed by atoms with van der Waals surface area (Å²) in [5, 5.41) is 3.61.